The molecule has 0 saturated carbocycles. The molecule has 3 amide bonds. The number of alkyl carbamates (subject to hydrolysis) is 1. The zero-order valence-corrected chi connectivity index (χ0v) is 13.9. The van der Waals surface area contributed by atoms with Gasteiger partial charge in [0, 0.05) is 19.6 Å². The molecule has 2 fully saturated rings. The van der Waals surface area contributed by atoms with Gasteiger partial charge in [-0.1, -0.05) is 19.1 Å². The first-order chi connectivity index (χ1) is 12.0. The van der Waals surface area contributed by atoms with E-state index in [4.69, 9.17) is 4.74 Å². The number of benzene rings is 1. The van der Waals surface area contributed by atoms with E-state index in [0.717, 1.165) is 0 Å². The topological polar surface area (TPSA) is 108 Å². The summed E-state index contributed by atoms with van der Waals surface area (Å²) in [7, 11) is 0. The number of phenolic OH excluding ortho intramolecular Hbond substituents is 1. The van der Waals surface area contributed by atoms with Crippen LogP contribution < -0.4 is 10.6 Å². The summed E-state index contributed by atoms with van der Waals surface area (Å²) in [5.74, 6) is -0.214. The van der Waals surface area contributed by atoms with Crippen LogP contribution in [0.25, 0.3) is 0 Å². The smallest absolute Gasteiger partial charge is 0.407 e. The minimum atomic E-state index is -0.664. The van der Waals surface area contributed by atoms with Crippen molar-refractivity contribution in [1.29, 1.82) is 0 Å². The zero-order chi connectivity index (χ0) is 18.0. The first kappa shape index (κ1) is 17.1. The van der Waals surface area contributed by atoms with Crippen LogP contribution in [0.1, 0.15) is 17.3 Å². The second-order valence-electron chi connectivity index (χ2n) is 6.51. The van der Waals surface area contributed by atoms with Crippen LogP contribution in [0.5, 0.6) is 5.75 Å². The summed E-state index contributed by atoms with van der Waals surface area (Å²) in [5.41, 5.74) is 0.283. The molecule has 0 spiro atoms. The molecule has 25 heavy (non-hydrogen) atoms. The van der Waals surface area contributed by atoms with Crippen molar-refractivity contribution in [2.24, 2.45) is 11.8 Å². The number of cyclic esters (lactones) is 1. The molecular weight excluding hydrogens is 326 g/mol. The highest BCUT2D eigenvalue weighted by Crippen LogP contribution is 2.26. The fourth-order valence-corrected chi connectivity index (χ4v) is 3.17. The third-order valence-electron chi connectivity index (χ3n) is 4.72. The van der Waals surface area contributed by atoms with E-state index >= 15 is 0 Å². The number of likely N-dealkylation sites (tertiary alicyclic amines) is 1. The molecule has 0 radical (unpaired) electrons. The van der Waals surface area contributed by atoms with Gasteiger partial charge < -0.3 is 25.4 Å². The second kappa shape index (κ2) is 7.00. The fourth-order valence-electron chi connectivity index (χ4n) is 3.17. The fraction of sp³-hybridized carbons (Fsp3) is 0.471. The van der Waals surface area contributed by atoms with Gasteiger partial charge in [0.1, 0.15) is 18.4 Å². The first-order valence-electron chi connectivity index (χ1n) is 8.24. The average molecular weight is 347 g/mol. The average Bonchev–Trinajstić information content (AvgIpc) is 3.18. The molecule has 3 N–H and O–H groups in total. The Balaban J connectivity index is 1.55. The number of aromatic hydroxyl groups is 1. The molecule has 0 aromatic heterocycles. The predicted octanol–water partition coefficient (Wildman–Crippen LogP) is 0.325. The molecule has 3 atom stereocenters. The van der Waals surface area contributed by atoms with Crippen molar-refractivity contribution in [2.45, 2.75) is 13.0 Å². The number of nitrogens with zero attached hydrogens (tertiary/aromatic N) is 1. The van der Waals surface area contributed by atoms with Crippen molar-refractivity contribution in [3.8, 4) is 5.75 Å². The standard InChI is InChI=1S/C17H21N3O5/c1-10-7-20(16(23)12-4-2-3-5-14(12)21)8-11(10)6-18-15(22)13-9-25-17(24)19-13/h2-5,10-11,13,21H,6-9H2,1H3,(H,18,22)(H,19,24)/t10-,11-,13+/m1/s1. The van der Waals surface area contributed by atoms with Crippen LogP contribution in [0.2, 0.25) is 0 Å². The van der Waals surface area contributed by atoms with Gasteiger partial charge in [0.2, 0.25) is 5.91 Å². The summed E-state index contributed by atoms with van der Waals surface area (Å²) in [6.07, 6.45) is -0.589. The highest BCUT2D eigenvalue weighted by Gasteiger charge is 2.35. The maximum Gasteiger partial charge on any atom is 0.407 e. The van der Waals surface area contributed by atoms with E-state index in [9.17, 15) is 19.5 Å². The number of para-hydroxylation sites is 1. The molecule has 0 aliphatic carbocycles. The Kier molecular flexibility index (Phi) is 4.78. The Morgan fingerprint density at radius 3 is 2.80 bits per heavy atom. The summed E-state index contributed by atoms with van der Waals surface area (Å²) in [6.45, 7) is 3.54. The van der Waals surface area contributed by atoms with E-state index in [-0.39, 0.29) is 41.6 Å². The van der Waals surface area contributed by atoms with E-state index in [0.29, 0.717) is 19.6 Å². The van der Waals surface area contributed by atoms with Gasteiger partial charge in [-0.05, 0) is 24.0 Å². The highest BCUT2D eigenvalue weighted by molar-refractivity contribution is 5.97. The molecule has 0 unspecified atom stereocenters. The quantitative estimate of drug-likeness (QED) is 0.727. The number of carbonyl (C=O) groups is 3. The predicted molar refractivity (Wildman–Crippen MR) is 87.9 cm³/mol. The van der Waals surface area contributed by atoms with Gasteiger partial charge in [-0.2, -0.15) is 0 Å². The summed E-state index contributed by atoms with van der Waals surface area (Å²) in [4.78, 5) is 37.2. The lowest BCUT2D eigenvalue weighted by atomic mass is 9.98. The van der Waals surface area contributed by atoms with Gasteiger partial charge >= 0.3 is 6.09 Å². The first-order valence-corrected chi connectivity index (χ1v) is 8.24. The lowest BCUT2D eigenvalue weighted by Crippen LogP contribution is -2.45. The molecule has 2 aliphatic heterocycles. The third-order valence-corrected chi connectivity index (χ3v) is 4.72. The highest BCUT2D eigenvalue weighted by atomic mass is 16.6. The van der Waals surface area contributed by atoms with Crippen LogP contribution in [0.3, 0.4) is 0 Å². The van der Waals surface area contributed by atoms with Gasteiger partial charge in [-0.3, -0.25) is 9.59 Å². The summed E-state index contributed by atoms with van der Waals surface area (Å²) in [6, 6.07) is 5.80. The van der Waals surface area contributed by atoms with Gasteiger partial charge in [0.05, 0.1) is 5.56 Å². The van der Waals surface area contributed by atoms with Crippen molar-refractivity contribution in [3.05, 3.63) is 29.8 Å². The molecule has 2 heterocycles. The summed E-state index contributed by atoms with van der Waals surface area (Å²) in [5, 5.41) is 15.1. The Bertz CT molecular complexity index is 693. The largest absolute Gasteiger partial charge is 0.507 e. The van der Waals surface area contributed by atoms with Crippen LogP contribution in [0.15, 0.2) is 24.3 Å². The third kappa shape index (κ3) is 3.67. The number of hydrogen-bond donors (Lipinski definition) is 3. The summed E-state index contributed by atoms with van der Waals surface area (Å²) < 4.78 is 4.70. The minimum Gasteiger partial charge on any atom is -0.507 e. The molecular formula is C17H21N3O5. The van der Waals surface area contributed by atoms with Gasteiger partial charge in [-0.15, -0.1) is 0 Å². The lowest BCUT2D eigenvalue weighted by molar-refractivity contribution is -0.123. The number of ether oxygens (including phenoxy) is 1. The normalized spacial score (nSPS) is 25.4. The monoisotopic (exact) mass is 347 g/mol. The number of rotatable bonds is 4. The minimum absolute atomic E-state index is 0.0305. The zero-order valence-electron chi connectivity index (χ0n) is 13.9. The molecule has 2 aliphatic rings. The number of nitrogens with one attached hydrogen (secondary N) is 2. The van der Waals surface area contributed by atoms with E-state index in [2.05, 4.69) is 10.6 Å². The molecule has 134 valence electrons. The number of amides is 3. The van der Waals surface area contributed by atoms with Crippen LogP contribution in [0.4, 0.5) is 4.79 Å². The van der Waals surface area contributed by atoms with E-state index < -0.39 is 12.1 Å². The molecule has 0 bridgehead atoms. The van der Waals surface area contributed by atoms with Crippen molar-refractivity contribution in [1.82, 2.24) is 15.5 Å². The Morgan fingerprint density at radius 1 is 1.36 bits per heavy atom. The number of carbonyl (C=O) groups excluding carboxylic acids is 3. The van der Waals surface area contributed by atoms with Crippen molar-refractivity contribution in [3.63, 3.8) is 0 Å². The van der Waals surface area contributed by atoms with Crippen molar-refractivity contribution < 1.29 is 24.2 Å². The van der Waals surface area contributed by atoms with Gasteiger partial charge in [0.25, 0.3) is 5.91 Å². The molecule has 8 heteroatoms. The van der Waals surface area contributed by atoms with Crippen molar-refractivity contribution >= 4 is 17.9 Å². The molecule has 2 saturated heterocycles. The van der Waals surface area contributed by atoms with Crippen molar-refractivity contribution in [2.75, 3.05) is 26.2 Å². The Labute approximate surface area is 145 Å². The molecule has 8 nitrogen and oxygen atoms in total. The van der Waals surface area contributed by atoms with Crippen LogP contribution in [0, 0.1) is 11.8 Å². The molecule has 3 rings (SSSR count). The van der Waals surface area contributed by atoms with Crippen LogP contribution in [-0.2, 0) is 9.53 Å². The molecule has 1 aromatic rings. The SMILES string of the molecule is C[C@@H]1CN(C(=O)c2ccccc2O)C[C@H]1CNC(=O)[C@@H]1COC(=O)N1. The second-order valence-corrected chi connectivity index (χ2v) is 6.51. The maximum atomic E-state index is 12.6. The van der Waals surface area contributed by atoms with Crippen LogP contribution >= 0.6 is 0 Å². The van der Waals surface area contributed by atoms with E-state index in [1.165, 1.54) is 6.07 Å². The molecule has 1 aromatic carbocycles. The number of phenols is 1. The summed E-state index contributed by atoms with van der Waals surface area (Å²) >= 11 is 0. The lowest BCUT2D eigenvalue weighted by Gasteiger charge is -2.18. The Morgan fingerprint density at radius 2 is 2.12 bits per heavy atom. The van der Waals surface area contributed by atoms with Gasteiger partial charge in [0.15, 0.2) is 0 Å². The Hall–Kier alpha value is -2.77. The number of hydrogen-bond acceptors (Lipinski definition) is 5. The van der Waals surface area contributed by atoms with E-state index in [1.807, 2.05) is 6.92 Å². The maximum absolute atomic E-state index is 12.6. The van der Waals surface area contributed by atoms with Gasteiger partial charge in [-0.25, -0.2) is 4.79 Å². The van der Waals surface area contributed by atoms with Crippen LogP contribution in [-0.4, -0.2) is 60.2 Å². The van der Waals surface area contributed by atoms with E-state index in [1.54, 1.807) is 23.1 Å².